The summed E-state index contributed by atoms with van der Waals surface area (Å²) < 4.78 is 4.76. The second kappa shape index (κ2) is 5.69. The van der Waals surface area contributed by atoms with Gasteiger partial charge in [-0.1, -0.05) is 12.1 Å². The molecule has 0 bridgehead atoms. The van der Waals surface area contributed by atoms with Crippen LogP contribution in [-0.2, 0) is 11.5 Å². The second-order valence-corrected chi connectivity index (χ2v) is 5.03. The van der Waals surface area contributed by atoms with Crippen molar-refractivity contribution in [2.24, 2.45) is 0 Å². The number of aromatic nitrogens is 2. The van der Waals surface area contributed by atoms with Crippen LogP contribution >= 0.6 is 12.2 Å². The van der Waals surface area contributed by atoms with Crippen LogP contribution in [0.1, 0.15) is 11.1 Å². The molecule has 0 saturated carbocycles. The van der Waals surface area contributed by atoms with Crippen LogP contribution in [0, 0.1) is 18.6 Å². The molecule has 0 radical (unpaired) electrons. The summed E-state index contributed by atoms with van der Waals surface area (Å²) in [7, 11) is 3.52. The van der Waals surface area contributed by atoms with Crippen molar-refractivity contribution in [3.8, 4) is 5.69 Å². The quantitative estimate of drug-likeness (QED) is 0.633. The molecule has 102 valence electrons. The first-order valence-corrected chi connectivity index (χ1v) is 6.54. The van der Waals surface area contributed by atoms with Gasteiger partial charge in [0.1, 0.15) is 6.67 Å². The summed E-state index contributed by atoms with van der Waals surface area (Å²) in [6.45, 7) is 4.78. The topological polar surface area (TPSA) is 22.3 Å². The number of hydrogen-bond acceptors (Lipinski definition) is 3. The third-order valence-corrected chi connectivity index (χ3v) is 3.57. The highest BCUT2D eigenvalue weighted by Gasteiger charge is 2.06. The Morgan fingerprint density at radius 1 is 1.26 bits per heavy atom. The van der Waals surface area contributed by atoms with Gasteiger partial charge >= 0.3 is 0 Å². The normalized spacial score (nSPS) is 11.2. The standard InChI is InChI=1S/C14H19N3OS/c1-11-5-6-12(2)13(9-11)17-8-7-16(14(17)19)10-15(3)18-4/h5-9H,10H2,1-4H3. The van der Waals surface area contributed by atoms with Gasteiger partial charge in [-0.05, 0) is 43.3 Å². The van der Waals surface area contributed by atoms with Gasteiger partial charge in [-0.3, -0.25) is 4.57 Å². The molecule has 1 aromatic heterocycles. The van der Waals surface area contributed by atoms with Gasteiger partial charge in [0.25, 0.3) is 0 Å². The van der Waals surface area contributed by atoms with Crippen LogP contribution in [0.3, 0.4) is 0 Å². The lowest BCUT2D eigenvalue weighted by molar-refractivity contribution is -0.132. The first-order valence-electron chi connectivity index (χ1n) is 6.13. The van der Waals surface area contributed by atoms with E-state index in [2.05, 4.69) is 32.0 Å². The van der Waals surface area contributed by atoms with E-state index in [0.29, 0.717) is 6.67 Å². The molecule has 0 fully saturated rings. The fourth-order valence-corrected chi connectivity index (χ4v) is 2.23. The van der Waals surface area contributed by atoms with Gasteiger partial charge in [0, 0.05) is 19.4 Å². The van der Waals surface area contributed by atoms with Crippen molar-refractivity contribution in [1.29, 1.82) is 0 Å². The van der Waals surface area contributed by atoms with Crippen LogP contribution in [0.25, 0.3) is 5.69 Å². The highest BCUT2D eigenvalue weighted by atomic mass is 32.1. The zero-order valence-corrected chi connectivity index (χ0v) is 12.6. The van der Waals surface area contributed by atoms with Crippen molar-refractivity contribution in [2.45, 2.75) is 20.5 Å². The van der Waals surface area contributed by atoms with Crippen molar-refractivity contribution in [3.63, 3.8) is 0 Å². The Labute approximate surface area is 118 Å². The molecule has 0 N–H and O–H groups in total. The zero-order valence-electron chi connectivity index (χ0n) is 11.8. The third-order valence-electron chi connectivity index (χ3n) is 3.13. The third kappa shape index (κ3) is 2.94. The van der Waals surface area contributed by atoms with Crippen molar-refractivity contribution in [2.75, 3.05) is 14.2 Å². The first-order chi connectivity index (χ1) is 9.02. The maximum Gasteiger partial charge on any atom is 0.185 e. The molecule has 0 aliphatic rings. The summed E-state index contributed by atoms with van der Waals surface area (Å²) in [6.07, 6.45) is 3.97. The zero-order chi connectivity index (χ0) is 14.0. The second-order valence-electron chi connectivity index (χ2n) is 4.66. The van der Waals surface area contributed by atoms with Crippen LogP contribution in [0.5, 0.6) is 0 Å². The summed E-state index contributed by atoms with van der Waals surface area (Å²) in [5, 5.41) is 1.73. The molecule has 0 spiro atoms. The number of hydroxylamine groups is 2. The van der Waals surface area contributed by atoms with Crippen molar-refractivity contribution >= 4 is 12.2 Å². The molecule has 0 amide bonds. The summed E-state index contributed by atoms with van der Waals surface area (Å²) in [6, 6.07) is 6.37. The predicted molar refractivity (Wildman–Crippen MR) is 78.8 cm³/mol. The van der Waals surface area contributed by atoms with Gasteiger partial charge in [-0.25, -0.2) is 0 Å². The predicted octanol–water partition coefficient (Wildman–Crippen LogP) is 3.08. The van der Waals surface area contributed by atoms with Gasteiger partial charge in [-0.15, -0.1) is 0 Å². The molecule has 2 rings (SSSR count). The minimum absolute atomic E-state index is 0.604. The van der Waals surface area contributed by atoms with Crippen LogP contribution < -0.4 is 0 Å². The van der Waals surface area contributed by atoms with E-state index in [1.807, 2.05) is 28.6 Å². The summed E-state index contributed by atoms with van der Waals surface area (Å²) in [5.74, 6) is 0. The van der Waals surface area contributed by atoms with E-state index in [-0.39, 0.29) is 0 Å². The molecular weight excluding hydrogens is 258 g/mol. The molecule has 4 nitrogen and oxygen atoms in total. The lowest BCUT2D eigenvalue weighted by Crippen LogP contribution is -2.20. The van der Waals surface area contributed by atoms with Gasteiger partial charge in [0.2, 0.25) is 0 Å². The molecule has 0 saturated heterocycles. The highest BCUT2D eigenvalue weighted by Crippen LogP contribution is 2.17. The monoisotopic (exact) mass is 277 g/mol. The van der Waals surface area contributed by atoms with Gasteiger partial charge in [0.05, 0.1) is 12.8 Å². The molecule has 5 heteroatoms. The number of imidazole rings is 1. The minimum atomic E-state index is 0.604. The molecular formula is C14H19N3OS. The average Bonchev–Trinajstić information content (AvgIpc) is 2.74. The molecule has 1 heterocycles. The van der Waals surface area contributed by atoms with Crippen molar-refractivity contribution < 1.29 is 4.84 Å². The maximum absolute atomic E-state index is 5.52. The summed E-state index contributed by atoms with van der Waals surface area (Å²) >= 11 is 5.52. The molecule has 0 aliphatic heterocycles. The maximum atomic E-state index is 5.52. The van der Waals surface area contributed by atoms with E-state index in [4.69, 9.17) is 17.1 Å². The van der Waals surface area contributed by atoms with E-state index in [1.54, 1.807) is 12.2 Å². The van der Waals surface area contributed by atoms with Gasteiger partial charge in [-0.2, -0.15) is 5.06 Å². The Bertz CT molecular complexity index is 630. The molecule has 1 aromatic carbocycles. The molecule has 2 aromatic rings. The number of nitrogens with zero attached hydrogens (tertiary/aromatic N) is 3. The van der Waals surface area contributed by atoms with Gasteiger partial charge in [0.15, 0.2) is 4.77 Å². The van der Waals surface area contributed by atoms with Gasteiger partial charge < -0.3 is 9.40 Å². The van der Waals surface area contributed by atoms with E-state index in [1.165, 1.54) is 11.1 Å². The fraction of sp³-hybridized carbons (Fsp3) is 0.357. The largest absolute Gasteiger partial charge is 0.308 e. The van der Waals surface area contributed by atoms with Crippen molar-refractivity contribution in [1.82, 2.24) is 14.2 Å². The highest BCUT2D eigenvalue weighted by molar-refractivity contribution is 7.71. The summed E-state index contributed by atoms with van der Waals surface area (Å²) in [5.41, 5.74) is 3.56. The van der Waals surface area contributed by atoms with Crippen LogP contribution in [0.15, 0.2) is 30.6 Å². The SMILES string of the molecule is CON(C)Cn1ccn(-c2cc(C)ccc2C)c1=S. The molecule has 0 aliphatic carbocycles. The average molecular weight is 277 g/mol. The fourth-order valence-electron chi connectivity index (χ4n) is 1.96. The molecule has 19 heavy (non-hydrogen) atoms. The van der Waals surface area contributed by atoms with Crippen molar-refractivity contribution in [3.05, 3.63) is 46.5 Å². The number of aryl methyl sites for hydroxylation is 2. The number of rotatable bonds is 4. The Balaban J connectivity index is 2.42. The van der Waals surface area contributed by atoms with E-state index in [9.17, 15) is 0 Å². The summed E-state index contributed by atoms with van der Waals surface area (Å²) in [4.78, 5) is 5.12. The Morgan fingerprint density at radius 3 is 2.68 bits per heavy atom. The Kier molecular flexibility index (Phi) is 4.19. The smallest absolute Gasteiger partial charge is 0.185 e. The number of hydrogen-bond donors (Lipinski definition) is 0. The van der Waals surface area contributed by atoms with Crippen LogP contribution in [-0.4, -0.2) is 28.4 Å². The molecule has 0 atom stereocenters. The molecule has 0 unspecified atom stereocenters. The number of benzene rings is 1. The van der Waals surface area contributed by atoms with E-state index in [0.717, 1.165) is 10.5 Å². The Hall–Kier alpha value is -1.43. The first kappa shape index (κ1) is 14.0. The van der Waals surface area contributed by atoms with Crippen LogP contribution in [0.2, 0.25) is 0 Å². The lowest BCUT2D eigenvalue weighted by Gasteiger charge is -2.14. The van der Waals surface area contributed by atoms with Crippen LogP contribution in [0.4, 0.5) is 0 Å². The van der Waals surface area contributed by atoms with E-state index < -0.39 is 0 Å². The Morgan fingerprint density at radius 2 is 2.00 bits per heavy atom. The van der Waals surface area contributed by atoms with E-state index >= 15 is 0 Å². The minimum Gasteiger partial charge on any atom is -0.308 e. The lowest BCUT2D eigenvalue weighted by atomic mass is 10.1.